The van der Waals surface area contributed by atoms with Crippen LogP contribution in [0.4, 0.5) is 0 Å². The van der Waals surface area contributed by atoms with Gasteiger partial charge in [-0.3, -0.25) is 0 Å². The van der Waals surface area contributed by atoms with E-state index < -0.39 is 0 Å². The number of ether oxygens (including phenoxy) is 2. The number of aryl methyl sites for hydroxylation is 1. The van der Waals surface area contributed by atoms with E-state index in [1.165, 1.54) is 5.56 Å². The van der Waals surface area contributed by atoms with Crippen LogP contribution in [0.2, 0.25) is 0 Å². The van der Waals surface area contributed by atoms with E-state index in [1.807, 2.05) is 12.1 Å². The van der Waals surface area contributed by atoms with Gasteiger partial charge in [0.2, 0.25) is 0 Å². The third-order valence-corrected chi connectivity index (χ3v) is 2.85. The third kappa shape index (κ3) is 1.60. The molecule has 0 bridgehead atoms. The van der Waals surface area contributed by atoms with Crippen molar-refractivity contribution in [2.75, 3.05) is 14.2 Å². The van der Waals surface area contributed by atoms with E-state index in [9.17, 15) is 0 Å². The summed E-state index contributed by atoms with van der Waals surface area (Å²) in [6, 6.07) is 10.2. The Bertz CT molecular complexity index is 503. The van der Waals surface area contributed by atoms with Gasteiger partial charge in [0, 0.05) is 0 Å². The van der Waals surface area contributed by atoms with Crippen molar-refractivity contribution >= 4 is 10.8 Å². The van der Waals surface area contributed by atoms with Gasteiger partial charge in [-0.1, -0.05) is 31.2 Å². The summed E-state index contributed by atoms with van der Waals surface area (Å²) in [4.78, 5) is 0. The van der Waals surface area contributed by atoms with Crippen molar-refractivity contribution in [2.45, 2.75) is 13.3 Å². The smallest absolute Gasteiger partial charge is 0.133 e. The van der Waals surface area contributed by atoms with Gasteiger partial charge in [0.05, 0.1) is 19.6 Å². The highest BCUT2D eigenvalue weighted by molar-refractivity contribution is 5.94. The first-order valence-corrected chi connectivity index (χ1v) is 5.44. The molecular formula is C14H16O2. The van der Waals surface area contributed by atoms with Gasteiger partial charge in [0.15, 0.2) is 0 Å². The molecule has 0 saturated carbocycles. The minimum atomic E-state index is 0.865. The highest BCUT2D eigenvalue weighted by atomic mass is 16.5. The molecule has 0 atom stereocenters. The maximum atomic E-state index is 5.51. The lowest BCUT2D eigenvalue weighted by atomic mass is 10.0. The van der Waals surface area contributed by atoms with Gasteiger partial charge in [-0.05, 0) is 23.4 Å². The highest BCUT2D eigenvalue weighted by Crippen LogP contribution is 2.36. The Hall–Kier alpha value is -1.70. The van der Waals surface area contributed by atoms with Gasteiger partial charge in [0.1, 0.15) is 11.5 Å². The Morgan fingerprint density at radius 2 is 1.81 bits per heavy atom. The van der Waals surface area contributed by atoms with Crippen LogP contribution in [0.25, 0.3) is 10.8 Å². The lowest BCUT2D eigenvalue weighted by molar-refractivity contribution is 0.402. The maximum absolute atomic E-state index is 5.51. The van der Waals surface area contributed by atoms with E-state index in [2.05, 4.69) is 25.1 Å². The Kier molecular flexibility index (Phi) is 3.00. The first-order chi connectivity index (χ1) is 7.81. The summed E-state index contributed by atoms with van der Waals surface area (Å²) in [5, 5.41) is 2.21. The van der Waals surface area contributed by atoms with Crippen molar-refractivity contribution in [1.82, 2.24) is 0 Å². The summed E-state index contributed by atoms with van der Waals surface area (Å²) in [7, 11) is 3.40. The molecule has 0 aliphatic heterocycles. The summed E-state index contributed by atoms with van der Waals surface area (Å²) >= 11 is 0. The molecule has 0 heterocycles. The van der Waals surface area contributed by atoms with Gasteiger partial charge in [-0.2, -0.15) is 0 Å². The zero-order valence-corrected chi connectivity index (χ0v) is 9.91. The van der Waals surface area contributed by atoms with E-state index in [4.69, 9.17) is 9.47 Å². The fourth-order valence-electron chi connectivity index (χ4n) is 2.04. The molecule has 84 valence electrons. The molecule has 0 aromatic heterocycles. The molecule has 0 unspecified atom stereocenters. The third-order valence-electron chi connectivity index (χ3n) is 2.85. The normalized spacial score (nSPS) is 10.4. The van der Waals surface area contributed by atoms with Crippen LogP contribution in [0.15, 0.2) is 30.3 Å². The zero-order chi connectivity index (χ0) is 11.5. The second-order valence-electron chi connectivity index (χ2n) is 3.67. The predicted octanol–water partition coefficient (Wildman–Crippen LogP) is 3.42. The van der Waals surface area contributed by atoms with Crippen molar-refractivity contribution in [1.29, 1.82) is 0 Å². The zero-order valence-electron chi connectivity index (χ0n) is 9.91. The first-order valence-electron chi connectivity index (χ1n) is 5.44. The van der Waals surface area contributed by atoms with Gasteiger partial charge >= 0.3 is 0 Å². The number of fused-ring (bicyclic) bond motifs is 1. The average molecular weight is 216 g/mol. The van der Waals surface area contributed by atoms with E-state index >= 15 is 0 Å². The average Bonchev–Trinajstić information content (AvgIpc) is 2.36. The molecule has 16 heavy (non-hydrogen) atoms. The summed E-state index contributed by atoms with van der Waals surface area (Å²) < 4.78 is 10.9. The molecule has 0 aliphatic rings. The molecule has 0 N–H and O–H groups in total. The molecule has 2 rings (SSSR count). The minimum absolute atomic E-state index is 0.865. The van der Waals surface area contributed by atoms with Crippen molar-refractivity contribution < 1.29 is 9.47 Å². The highest BCUT2D eigenvalue weighted by Gasteiger charge is 2.10. The Morgan fingerprint density at radius 3 is 2.44 bits per heavy atom. The van der Waals surface area contributed by atoms with Crippen LogP contribution in [0, 0.1) is 0 Å². The van der Waals surface area contributed by atoms with Crippen LogP contribution in [0.1, 0.15) is 12.5 Å². The second kappa shape index (κ2) is 4.44. The lowest BCUT2D eigenvalue weighted by Crippen LogP contribution is -1.94. The van der Waals surface area contributed by atoms with Crippen molar-refractivity contribution in [3.05, 3.63) is 35.9 Å². The molecule has 2 heteroatoms. The first kappa shape index (κ1) is 10.8. The molecule has 0 saturated heterocycles. The van der Waals surface area contributed by atoms with Crippen LogP contribution in [-0.4, -0.2) is 14.2 Å². The van der Waals surface area contributed by atoms with Gasteiger partial charge in [-0.25, -0.2) is 0 Å². The molecule has 2 aromatic carbocycles. The van der Waals surface area contributed by atoms with Crippen molar-refractivity contribution in [3.8, 4) is 11.5 Å². The van der Waals surface area contributed by atoms with Crippen LogP contribution >= 0.6 is 0 Å². The summed E-state index contributed by atoms with van der Waals surface area (Å²) in [6.07, 6.45) is 0.956. The van der Waals surface area contributed by atoms with E-state index in [0.717, 1.165) is 28.7 Å². The fourth-order valence-corrected chi connectivity index (χ4v) is 2.04. The van der Waals surface area contributed by atoms with Crippen molar-refractivity contribution in [3.63, 3.8) is 0 Å². The second-order valence-corrected chi connectivity index (χ2v) is 3.67. The SMILES string of the molecule is CCc1ccc2cccc(OC)c2c1OC. The van der Waals surface area contributed by atoms with Crippen LogP contribution in [0.3, 0.4) is 0 Å². The Balaban J connectivity index is 2.83. The van der Waals surface area contributed by atoms with E-state index in [-0.39, 0.29) is 0 Å². The number of rotatable bonds is 3. The number of methoxy groups -OCH3 is 2. The quantitative estimate of drug-likeness (QED) is 0.782. The molecule has 0 aliphatic carbocycles. The molecule has 2 aromatic rings. The molecule has 2 nitrogen and oxygen atoms in total. The molecule has 0 radical (unpaired) electrons. The largest absolute Gasteiger partial charge is 0.496 e. The Labute approximate surface area is 95.8 Å². The molecule has 0 amide bonds. The van der Waals surface area contributed by atoms with Crippen LogP contribution in [-0.2, 0) is 6.42 Å². The van der Waals surface area contributed by atoms with Crippen molar-refractivity contribution in [2.24, 2.45) is 0 Å². The lowest BCUT2D eigenvalue weighted by Gasteiger charge is -2.13. The topological polar surface area (TPSA) is 18.5 Å². The van der Waals surface area contributed by atoms with Crippen LogP contribution in [0.5, 0.6) is 11.5 Å². The number of hydrogen-bond acceptors (Lipinski definition) is 2. The molecular weight excluding hydrogens is 200 g/mol. The predicted molar refractivity (Wildman–Crippen MR) is 66.4 cm³/mol. The standard InChI is InChI=1S/C14H16O2/c1-4-10-8-9-11-6-5-7-12(15-2)13(11)14(10)16-3/h5-9H,4H2,1-3H3. The van der Waals surface area contributed by atoms with Gasteiger partial charge in [-0.15, -0.1) is 0 Å². The molecule has 0 fully saturated rings. The van der Waals surface area contributed by atoms with E-state index in [1.54, 1.807) is 14.2 Å². The summed E-state index contributed by atoms with van der Waals surface area (Å²) in [6.45, 7) is 2.12. The fraction of sp³-hybridized carbons (Fsp3) is 0.286. The van der Waals surface area contributed by atoms with Crippen LogP contribution < -0.4 is 9.47 Å². The van der Waals surface area contributed by atoms with E-state index in [0.29, 0.717) is 0 Å². The number of hydrogen-bond donors (Lipinski definition) is 0. The van der Waals surface area contributed by atoms with Gasteiger partial charge < -0.3 is 9.47 Å². The monoisotopic (exact) mass is 216 g/mol. The summed E-state index contributed by atoms with van der Waals surface area (Å²) in [5.74, 6) is 1.79. The van der Waals surface area contributed by atoms with Gasteiger partial charge in [0.25, 0.3) is 0 Å². The Morgan fingerprint density at radius 1 is 1.00 bits per heavy atom. The molecule has 0 spiro atoms. The summed E-state index contributed by atoms with van der Waals surface area (Å²) in [5.41, 5.74) is 1.21. The minimum Gasteiger partial charge on any atom is -0.496 e. The number of benzene rings is 2. The maximum Gasteiger partial charge on any atom is 0.133 e.